The van der Waals surface area contributed by atoms with E-state index in [9.17, 15) is 9.59 Å². The van der Waals surface area contributed by atoms with Gasteiger partial charge in [-0.2, -0.15) is 0 Å². The van der Waals surface area contributed by atoms with E-state index < -0.39 is 11.9 Å². The van der Waals surface area contributed by atoms with E-state index in [1.165, 1.54) is 25.4 Å². The molecule has 0 unspecified atom stereocenters. The van der Waals surface area contributed by atoms with E-state index in [2.05, 4.69) is 9.72 Å². The van der Waals surface area contributed by atoms with Crippen LogP contribution in [0.3, 0.4) is 0 Å². The van der Waals surface area contributed by atoms with Gasteiger partial charge in [0.25, 0.3) is 5.91 Å². The molecule has 1 heterocycles. The highest BCUT2D eigenvalue weighted by molar-refractivity contribution is 6.31. The number of carbonyl (C=O) groups is 2. The summed E-state index contributed by atoms with van der Waals surface area (Å²) < 4.78 is 10.2. The first-order chi connectivity index (χ1) is 10.5. The highest BCUT2D eigenvalue weighted by Crippen LogP contribution is 2.23. The Kier molecular flexibility index (Phi) is 4.95. The molecule has 0 atom stereocenters. The summed E-state index contributed by atoms with van der Waals surface area (Å²) in [6.45, 7) is -0.0206. The fourth-order valence-electron chi connectivity index (χ4n) is 1.82. The molecule has 22 heavy (non-hydrogen) atoms. The molecule has 2 rings (SSSR count). The van der Waals surface area contributed by atoms with E-state index in [4.69, 9.17) is 22.1 Å². The Morgan fingerprint density at radius 1 is 1.27 bits per heavy atom. The molecule has 1 amide bonds. The lowest BCUT2D eigenvalue weighted by Gasteiger charge is -2.11. The van der Waals surface area contributed by atoms with E-state index in [1.807, 2.05) is 0 Å². The van der Waals surface area contributed by atoms with Crippen LogP contribution in [0.1, 0.15) is 26.4 Å². The Labute approximate surface area is 131 Å². The van der Waals surface area contributed by atoms with Gasteiger partial charge in [0.1, 0.15) is 12.4 Å². The van der Waals surface area contributed by atoms with Gasteiger partial charge >= 0.3 is 5.97 Å². The summed E-state index contributed by atoms with van der Waals surface area (Å²) in [7, 11) is 1.28. The third-order valence-electron chi connectivity index (χ3n) is 2.87. The Morgan fingerprint density at radius 3 is 2.73 bits per heavy atom. The molecule has 0 saturated heterocycles. The first-order valence-electron chi connectivity index (χ1n) is 6.27. The van der Waals surface area contributed by atoms with E-state index in [-0.39, 0.29) is 17.9 Å². The zero-order valence-corrected chi connectivity index (χ0v) is 12.5. The highest BCUT2D eigenvalue weighted by Gasteiger charge is 2.15. The maximum Gasteiger partial charge on any atom is 0.339 e. The van der Waals surface area contributed by atoms with Crippen molar-refractivity contribution in [2.24, 2.45) is 5.73 Å². The molecular formula is C15H13ClN2O4. The molecule has 2 aromatic rings. The molecule has 0 aliphatic heterocycles. The fraction of sp³-hybridized carbons (Fsp3) is 0.133. The molecule has 0 spiro atoms. The number of carbonyl (C=O) groups excluding carboxylic acids is 2. The third kappa shape index (κ3) is 3.53. The molecular weight excluding hydrogens is 308 g/mol. The van der Waals surface area contributed by atoms with Crippen molar-refractivity contribution in [1.29, 1.82) is 0 Å². The van der Waals surface area contributed by atoms with Crippen molar-refractivity contribution < 1.29 is 19.1 Å². The molecule has 1 aromatic heterocycles. The number of halogens is 1. The molecule has 114 valence electrons. The van der Waals surface area contributed by atoms with Crippen molar-refractivity contribution in [3.63, 3.8) is 0 Å². The predicted octanol–water partition coefficient (Wildman–Crippen LogP) is 2.20. The number of nitrogens with zero attached hydrogens (tertiary/aromatic N) is 1. The van der Waals surface area contributed by atoms with Crippen molar-refractivity contribution in [3.05, 3.63) is 58.4 Å². The third-order valence-corrected chi connectivity index (χ3v) is 3.10. The van der Waals surface area contributed by atoms with Crippen molar-refractivity contribution in [3.8, 4) is 5.75 Å². The van der Waals surface area contributed by atoms with E-state index in [0.717, 1.165) is 0 Å². The topological polar surface area (TPSA) is 91.5 Å². The average Bonchev–Trinajstić information content (AvgIpc) is 2.53. The number of aromatic nitrogens is 1. The van der Waals surface area contributed by atoms with Gasteiger partial charge in [-0.05, 0) is 30.3 Å². The van der Waals surface area contributed by atoms with Crippen molar-refractivity contribution in [2.75, 3.05) is 7.11 Å². The number of ether oxygens (including phenoxy) is 2. The number of methoxy groups -OCH3 is 1. The van der Waals surface area contributed by atoms with Crippen LogP contribution in [0.15, 0.2) is 36.5 Å². The lowest BCUT2D eigenvalue weighted by molar-refractivity contribution is 0.0596. The summed E-state index contributed by atoms with van der Waals surface area (Å²) in [6.07, 6.45) is 1.53. The fourth-order valence-corrected chi connectivity index (χ4v) is 1.99. The SMILES string of the molecule is COC(=O)c1cccnc1COc1ccc(Cl)cc1C(N)=O. The number of hydrogen-bond acceptors (Lipinski definition) is 5. The van der Waals surface area contributed by atoms with Crippen LogP contribution < -0.4 is 10.5 Å². The molecule has 6 nitrogen and oxygen atoms in total. The van der Waals surface area contributed by atoms with Crippen molar-refractivity contribution in [2.45, 2.75) is 6.61 Å². The summed E-state index contributed by atoms with van der Waals surface area (Å²) in [5, 5.41) is 0.370. The number of pyridine rings is 1. The number of benzene rings is 1. The van der Waals surface area contributed by atoms with Gasteiger partial charge in [-0.3, -0.25) is 9.78 Å². The maximum atomic E-state index is 11.7. The van der Waals surface area contributed by atoms with Gasteiger partial charge in [-0.25, -0.2) is 4.79 Å². The molecule has 1 aromatic carbocycles. The normalized spacial score (nSPS) is 10.1. The second kappa shape index (κ2) is 6.91. The largest absolute Gasteiger partial charge is 0.486 e. The minimum atomic E-state index is -0.660. The average molecular weight is 321 g/mol. The standard InChI is InChI=1S/C15H13ClN2O4/c1-21-15(20)10-3-2-6-18-12(10)8-22-13-5-4-9(16)7-11(13)14(17)19/h2-7H,8H2,1H3,(H2,17,19). The van der Waals surface area contributed by atoms with Crippen molar-refractivity contribution >= 4 is 23.5 Å². The zero-order chi connectivity index (χ0) is 16.1. The number of hydrogen-bond donors (Lipinski definition) is 1. The van der Waals surface area contributed by atoms with Gasteiger partial charge in [-0.1, -0.05) is 11.6 Å². The van der Waals surface area contributed by atoms with Crippen LogP contribution in [0.25, 0.3) is 0 Å². The van der Waals surface area contributed by atoms with Gasteiger partial charge < -0.3 is 15.2 Å². The second-order valence-electron chi connectivity index (χ2n) is 4.28. The van der Waals surface area contributed by atoms with Gasteiger partial charge in [0.2, 0.25) is 0 Å². The quantitative estimate of drug-likeness (QED) is 0.853. The van der Waals surface area contributed by atoms with E-state index in [0.29, 0.717) is 16.3 Å². The molecule has 2 N–H and O–H groups in total. The van der Waals surface area contributed by atoms with Crippen LogP contribution in [-0.2, 0) is 11.3 Å². The smallest absolute Gasteiger partial charge is 0.339 e. The number of rotatable bonds is 5. The summed E-state index contributed by atoms with van der Waals surface area (Å²) in [4.78, 5) is 27.1. The lowest BCUT2D eigenvalue weighted by atomic mass is 10.2. The Hall–Kier alpha value is -2.60. The number of primary amides is 1. The first-order valence-corrected chi connectivity index (χ1v) is 6.65. The molecule has 0 aliphatic rings. The molecule has 0 radical (unpaired) electrons. The van der Waals surface area contributed by atoms with Crippen LogP contribution in [-0.4, -0.2) is 24.0 Å². The molecule has 0 saturated carbocycles. The number of esters is 1. The summed E-state index contributed by atoms with van der Waals surface area (Å²) in [6, 6.07) is 7.71. The van der Waals surface area contributed by atoms with Crippen LogP contribution in [0.5, 0.6) is 5.75 Å². The van der Waals surface area contributed by atoms with Crippen LogP contribution >= 0.6 is 11.6 Å². The second-order valence-corrected chi connectivity index (χ2v) is 4.72. The van der Waals surface area contributed by atoms with Crippen LogP contribution in [0.2, 0.25) is 5.02 Å². The first kappa shape index (κ1) is 15.8. The van der Waals surface area contributed by atoms with Crippen molar-refractivity contribution in [1.82, 2.24) is 4.98 Å². The lowest BCUT2D eigenvalue weighted by Crippen LogP contribution is -2.14. The van der Waals surface area contributed by atoms with Gasteiger partial charge in [0.05, 0.1) is 23.9 Å². The van der Waals surface area contributed by atoms with Crippen LogP contribution in [0, 0.1) is 0 Å². The number of amides is 1. The van der Waals surface area contributed by atoms with E-state index >= 15 is 0 Å². The minimum absolute atomic E-state index is 0.0206. The monoisotopic (exact) mass is 320 g/mol. The van der Waals surface area contributed by atoms with Gasteiger partial charge in [0.15, 0.2) is 0 Å². The predicted molar refractivity (Wildman–Crippen MR) is 79.9 cm³/mol. The summed E-state index contributed by atoms with van der Waals surface area (Å²) in [5.41, 5.74) is 6.12. The molecule has 0 aliphatic carbocycles. The highest BCUT2D eigenvalue weighted by atomic mass is 35.5. The van der Waals surface area contributed by atoms with Gasteiger partial charge in [0, 0.05) is 11.2 Å². The maximum absolute atomic E-state index is 11.7. The Balaban J connectivity index is 2.25. The molecule has 0 fully saturated rings. The zero-order valence-electron chi connectivity index (χ0n) is 11.7. The Morgan fingerprint density at radius 2 is 2.05 bits per heavy atom. The van der Waals surface area contributed by atoms with Gasteiger partial charge in [-0.15, -0.1) is 0 Å². The summed E-state index contributed by atoms with van der Waals surface area (Å²) in [5.74, 6) is -0.914. The van der Waals surface area contributed by atoms with Crippen LogP contribution in [0.4, 0.5) is 0 Å². The molecule has 7 heteroatoms. The Bertz CT molecular complexity index is 718. The van der Waals surface area contributed by atoms with E-state index in [1.54, 1.807) is 18.2 Å². The minimum Gasteiger partial charge on any atom is -0.486 e. The summed E-state index contributed by atoms with van der Waals surface area (Å²) >= 11 is 5.83. The number of nitrogens with two attached hydrogens (primary N) is 1. The molecule has 0 bridgehead atoms.